The van der Waals surface area contributed by atoms with Gasteiger partial charge in [-0.25, -0.2) is 4.79 Å². The molecule has 0 radical (unpaired) electrons. The molecule has 1 fully saturated rings. The molecule has 0 spiro atoms. The molecule has 2 N–H and O–H groups in total. The zero-order chi connectivity index (χ0) is 16.8. The molecule has 3 unspecified atom stereocenters. The molecule has 0 aromatic heterocycles. The number of carbonyl (C=O) groups excluding carboxylic acids is 1. The monoisotopic (exact) mass is 320 g/mol. The number of urea groups is 1. The molecule has 2 amide bonds. The second kappa shape index (κ2) is 8.31. The maximum atomic E-state index is 12.5. The summed E-state index contributed by atoms with van der Waals surface area (Å²) in [7, 11) is 0. The first-order chi connectivity index (χ1) is 11.0. The van der Waals surface area contributed by atoms with Crippen molar-refractivity contribution in [2.75, 3.05) is 19.8 Å². The lowest BCUT2D eigenvalue weighted by molar-refractivity contribution is -0.00755. The van der Waals surface area contributed by atoms with Gasteiger partial charge in [0.2, 0.25) is 0 Å². The number of ether oxygens (including phenoxy) is 1. The lowest BCUT2D eigenvalue weighted by Crippen LogP contribution is -2.55. The van der Waals surface area contributed by atoms with Gasteiger partial charge in [-0.1, -0.05) is 44.2 Å². The van der Waals surface area contributed by atoms with Crippen molar-refractivity contribution < 1.29 is 14.6 Å². The van der Waals surface area contributed by atoms with Crippen LogP contribution in [0.5, 0.6) is 0 Å². The number of hydrogen-bond acceptors (Lipinski definition) is 3. The predicted molar refractivity (Wildman–Crippen MR) is 90.2 cm³/mol. The molecule has 1 aromatic carbocycles. The Morgan fingerprint density at radius 1 is 1.35 bits per heavy atom. The highest BCUT2D eigenvalue weighted by Gasteiger charge is 2.30. The van der Waals surface area contributed by atoms with E-state index in [4.69, 9.17) is 4.74 Å². The van der Waals surface area contributed by atoms with Gasteiger partial charge in [-0.2, -0.15) is 0 Å². The summed E-state index contributed by atoms with van der Waals surface area (Å²) in [5.41, 5.74) is 0.869. The van der Waals surface area contributed by atoms with Gasteiger partial charge in [-0.15, -0.1) is 0 Å². The highest BCUT2D eigenvalue weighted by molar-refractivity contribution is 5.75. The molecular formula is C18H28N2O3. The molecule has 23 heavy (non-hydrogen) atoms. The van der Waals surface area contributed by atoms with Crippen molar-refractivity contribution in [1.82, 2.24) is 10.2 Å². The number of benzene rings is 1. The number of carbonyl (C=O) groups is 1. The first kappa shape index (κ1) is 17.8. The summed E-state index contributed by atoms with van der Waals surface area (Å²) in [5.74, 6) is 0.383. The van der Waals surface area contributed by atoms with Gasteiger partial charge >= 0.3 is 6.03 Å². The van der Waals surface area contributed by atoms with E-state index in [0.29, 0.717) is 32.1 Å². The van der Waals surface area contributed by atoms with Gasteiger partial charge in [-0.3, -0.25) is 0 Å². The maximum Gasteiger partial charge on any atom is 0.318 e. The summed E-state index contributed by atoms with van der Waals surface area (Å²) >= 11 is 0. The van der Waals surface area contributed by atoms with Gasteiger partial charge in [0, 0.05) is 19.0 Å². The van der Waals surface area contributed by atoms with Crippen molar-refractivity contribution in [3.63, 3.8) is 0 Å². The minimum absolute atomic E-state index is 0.0697. The van der Waals surface area contributed by atoms with Crippen molar-refractivity contribution in [2.24, 2.45) is 5.92 Å². The van der Waals surface area contributed by atoms with E-state index in [1.54, 1.807) is 4.90 Å². The molecule has 1 aliphatic rings. The van der Waals surface area contributed by atoms with Crippen LogP contribution in [0.1, 0.15) is 38.9 Å². The number of morpholine rings is 1. The third kappa shape index (κ3) is 4.94. The van der Waals surface area contributed by atoms with Crippen molar-refractivity contribution in [3.8, 4) is 0 Å². The summed E-state index contributed by atoms with van der Waals surface area (Å²) in [6.07, 6.45) is -0.117. The molecular weight excluding hydrogens is 292 g/mol. The highest BCUT2D eigenvalue weighted by Crippen LogP contribution is 2.22. The number of rotatable bonds is 5. The Hall–Kier alpha value is -1.59. The third-order valence-corrected chi connectivity index (χ3v) is 4.52. The van der Waals surface area contributed by atoms with Crippen LogP contribution < -0.4 is 5.32 Å². The van der Waals surface area contributed by atoms with Gasteiger partial charge in [0.25, 0.3) is 0 Å². The van der Waals surface area contributed by atoms with Gasteiger partial charge < -0.3 is 20.1 Å². The fourth-order valence-electron chi connectivity index (χ4n) is 2.63. The molecule has 1 aliphatic heterocycles. The van der Waals surface area contributed by atoms with Crippen LogP contribution >= 0.6 is 0 Å². The first-order valence-electron chi connectivity index (χ1n) is 8.37. The van der Waals surface area contributed by atoms with Crippen molar-refractivity contribution in [3.05, 3.63) is 35.9 Å². The van der Waals surface area contributed by atoms with E-state index >= 15 is 0 Å². The highest BCUT2D eigenvalue weighted by atomic mass is 16.5. The summed E-state index contributed by atoms with van der Waals surface area (Å²) < 4.78 is 5.52. The molecule has 1 saturated heterocycles. The van der Waals surface area contributed by atoms with E-state index in [0.717, 1.165) is 5.56 Å². The van der Waals surface area contributed by atoms with Gasteiger partial charge in [0.15, 0.2) is 0 Å². The zero-order valence-corrected chi connectivity index (χ0v) is 14.2. The van der Waals surface area contributed by atoms with Crippen LogP contribution in [0.3, 0.4) is 0 Å². The normalized spacial score (nSPS) is 21.1. The molecule has 0 saturated carbocycles. The van der Waals surface area contributed by atoms with Gasteiger partial charge in [-0.05, 0) is 18.4 Å². The SMILES string of the molecule is CC(C)C(C)NC(=O)N1CCOCC1CC(O)c1ccccc1. The smallest absolute Gasteiger partial charge is 0.318 e. The van der Waals surface area contributed by atoms with E-state index in [2.05, 4.69) is 19.2 Å². The van der Waals surface area contributed by atoms with Crippen molar-refractivity contribution in [2.45, 2.75) is 45.4 Å². The summed E-state index contributed by atoms with van der Waals surface area (Å²) in [6.45, 7) is 7.75. The maximum absolute atomic E-state index is 12.5. The molecule has 3 atom stereocenters. The molecule has 128 valence electrons. The quantitative estimate of drug-likeness (QED) is 0.876. The van der Waals surface area contributed by atoms with Gasteiger partial charge in [0.1, 0.15) is 0 Å². The fraction of sp³-hybridized carbons (Fsp3) is 0.611. The van der Waals surface area contributed by atoms with Crippen molar-refractivity contribution in [1.29, 1.82) is 0 Å². The Labute approximate surface area is 138 Å². The second-order valence-electron chi connectivity index (χ2n) is 6.57. The van der Waals surface area contributed by atoms with Crippen LogP contribution in [0.2, 0.25) is 0 Å². The van der Waals surface area contributed by atoms with Crippen LogP contribution in [-0.4, -0.2) is 47.9 Å². The second-order valence-corrected chi connectivity index (χ2v) is 6.57. The number of hydrogen-bond donors (Lipinski definition) is 2. The summed E-state index contributed by atoms with van der Waals surface area (Å²) in [6, 6.07) is 9.48. The average molecular weight is 320 g/mol. The van der Waals surface area contributed by atoms with Crippen LogP contribution in [0, 0.1) is 5.92 Å². The van der Waals surface area contributed by atoms with Crippen LogP contribution in [0.15, 0.2) is 30.3 Å². The van der Waals surface area contributed by atoms with E-state index < -0.39 is 6.10 Å². The largest absolute Gasteiger partial charge is 0.388 e. The Balaban J connectivity index is 1.99. The van der Waals surface area contributed by atoms with Crippen LogP contribution in [0.25, 0.3) is 0 Å². The number of aliphatic hydroxyl groups is 1. The fourth-order valence-corrected chi connectivity index (χ4v) is 2.63. The number of nitrogens with one attached hydrogen (secondary N) is 1. The van der Waals surface area contributed by atoms with E-state index in [-0.39, 0.29) is 18.1 Å². The molecule has 0 bridgehead atoms. The molecule has 0 aliphatic carbocycles. The lowest BCUT2D eigenvalue weighted by atomic mass is 10.0. The average Bonchev–Trinajstić information content (AvgIpc) is 2.55. The topological polar surface area (TPSA) is 61.8 Å². The summed E-state index contributed by atoms with van der Waals surface area (Å²) in [4.78, 5) is 14.3. The van der Waals surface area contributed by atoms with Crippen LogP contribution in [-0.2, 0) is 4.74 Å². The Kier molecular flexibility index (Phi) is 6.42. The predicted octanol–water partition coefficient (Wildman–Crippen LogP) is 2.57. The minimum Gasteiger partial charge on any atom is -0.388 e. The summed E-state index contributed by atoms with van der Waals surface area (Å²) in [5, 5.41) is 13.5. The minimum atomic E-state index is -0.597. The molecule has 1 aromatic rings. The van der Waals surface area contributed by atoms with Crippen molar-refractivity contribution >= 4 is 6.03 Å². The van der Waals surface area contributed by atoms with Crippen LogP contribution in [0.4, 0.5) is 4.79 Å². The Morgan fingerprint density at radius 3 is 2.70 bits per heavy atom. The van der Waals surface area contributed by atoms with E-state index in [1.807, 2.05) is 37.3 Å². The molecule has 5 heteroatoms. The van der Waals surface area contributed by atoms with Gasteiger partial charge in [0.05, 0.1) is 25.4 Å². The standard InChI is InChI=1S/C18H28N2O3/c1-13(2)14(3)19-18(22)20-9-10-23-12-16(20)11-17(21)15-7-5-4-6-8-15/h4-8,13-14,16-17,21H,9-12H2,1-3H3,(H,19,22). The third-order valence-electron chi connectivity index (χ3n) is 4.52. The first-order valence-corrected chi connectivity index (χ1v) is 8.37. The van der Waals surface area contributed by atoms with E-state index in [1.165, 1.54) is 0 Å². The zero-order valence-electron chi connectivity index (χ0n) is 14.2. The molecule has 2 rings (SSSR count). The Morgan fingerprint density at radius 2 is 2.04 bits per heavy atom. The lowest BCUT2D eigenvalue weighted by Gasteiger charge is -2.37. The number of amides is 2. The molecule has 5 nitrogen and oxygen atoms in total. The number of nitrogens with zero attached hydrogens (tertiary/aromatic N) is 1. The Bertz CT molecular complexity index is 492. The number of aliphatic hydroxyl groups excluding tert-OH is 1. The molecule has 1 heterocycles. The van der Waals surface area contributed by atoms with E-state index in [9.17, 15) is 9.90 Å².